The molecule has 1 atom stereocenters. The number of carbonyl (C=O) groups is 2. The summed E-state index contributed by atoms with van der Waals surface area (Å²) < 4.78 is 33.3. The van der Waals surface area contributed by atoms with Crippen LogP contribution in [0.25, 0.3) is 0 Å². The predicted octanol–water partition coefficient (Wildman–Crippen LogP) is 2.21. The molecule has 1 aliphatic rings. The molecule has 4 rings (SSSR count). The van der Waals surface area contributed by atoms with Gasteiger partial charge in [0.2, 0.25) is 21.8 Å². The Hall–Kier alpha value is -2.79. The van der Waals surface area contributed by atoms with Gasteiger partial charge >= 0.3 is 0 Å². The van der Waals surface area contributed by atoms with Crippen LogP contribution in [-0.4, -0.2) is 31.9 Å². The molecule has 2 aromatic heterocycles. The number of rotatable bonds is 7. The van der Waals surface area contributed by atoms with Crippen molar-refractivity contribution in [3.63, 3.8) is 0 Å². The molecule has 0 aliphatic carbocycles. The third kappa shape index (κ3) is 3.70. The highest BCUT2D eigenvalue weighted by Gasteiger charge is 2.36. The first kappa shape index (κ1) is 20.5. The normalized spacial score (nSPS) is 16.8. The standard InChI is InChI=1S/C20H18N2O6S2/c23-18-7-8-19(24)22(18)15-3-5-16(6-4-15)30(26,27)21-13-20(25,14-9-11-29-12-14)17-2-1-10-28-17/h1-6,9-12,21,25H,7-8,13H2/t20-/m0/s1. The lowest BCUT2D eigenvalue weighted by Gasteiger charge is -2.25. The largest absolute Gasteiger partial charge is 0.466 e. The lowest BCUT2D eigenvalue weighted by atomic mass is 9.94. The fraction of sp³-hybridized carbons (Fsp3) is 0.200. The maximum atomic E-state index is 12.8. The van der Waals surface area contributed by atoms with Gasteiger partial charge < -0.3 is 9.52 Å². The van der Waals surface area contributed by atoms with E-state index < -0.39 is 15.6 Å². The Morgan fingerprint density at radius 3 is 2.37 bits per heavy atom. The number of benzene rings is 1. The van der Waals surface area contributed by atoms with E-state index in [4.69, 9.17) is 4.42 Å². The Kier molecular flexibility index (Phi) is 5.33. The quantitative estimate of drug-likeness (QED) is 0.538. The lowest BCUT2D eigenvalue weighted by molar-refractivity contribution is -0.121. The SMILES string of the molecule is O=C1CCC(=O)N1c1ccc(S(=O)(=O)NC[C@](O)(c2ccsc2)c2ccco2)cc1. The first-order chi connectivity index (χ1) is 14.3. The van der Waals surface area contributed by atoms with Crippen molar-refractivity contribution in [2.45, 2.75) is 23.3 Å². The number of hydrogen-bond acceptors (Lipinski definition) is 7. The number of nitrogens with zero attached hydrogens (tertiary/aromatic N) is 1. The van der Waals surface area contributed by atoms with Crippen LogP contribution in [0.2, 0.25) is 0 Å². The predicted molar refractivity (Wildman–Crippen MR) is 109 cm³/mol. The topological polar surface area (TPSA) is 117 Å². The summed E-state index contributed by atoms with van der Waals surface area (Å²) in [5.41, 5.74) is -0.844. The van der Waals surface area contributed by atoms with Crippen LogP contribution in [0.4, 0.5) is 5.69 Å². The Bertz CT molecular complexity index is 1100. The van der Waals surface area contributed by atoms with Gasteiger partial charge in [-0.25, -0.2) is 13.1 Å². The zero-order chi connectivity index (χ0) is 21.4. The molecule has 1 fully saturated rings. The van der Waals surface area contributed by atoms with Crippen LogP contribution in [-0.2, 0) is 25.2 Å². The van der Waals surface area contributed by atoms with Crippen molar-refractivity contribution in [1.29, 1.82) is 0 Å². The molecular formula is C20H18N2O6S2. The Morgan fingerprint density at radius 1 is 1.10 bits per heavy atom. The number of thiophene rings is 1. The number of carbonyl (C=O) groups excluding carboxylic acids is 2. The van der Waals surface area contributed by atoms with Crippen LogP contribution >= 0.6 is 11.3 Å². The van der Waals surface area contributed by atoms with Crippen molar-refractivity contribution in [2.24, 2.45) is 0 Å². The number of aliphatic hydroxyl groups is 1. The second-order valence-corrected chi connectivity index (χ2v) is 9.34. The molecule has 8 nitrogen and oxygen atoms in total. The first-order valence-corrected chi connectivity index (χ1v) is 11.5. The summed E-state index contributed by atoms with van der Waals surface area (Å²) in [7, 11) is -3.98. The molecule has 2 N–H and O–H groups in total. The molecule has 0 saturated carbocycles. The third-order valence-corrected chi connectivity index (χ3v) is 7.00. The number of nitrogens with one attached hydrogen (secondary N) is 1. The van der Waals surface area contributed by atoms with Crippen molar-refractivity contribution in [3.05, 3.63) is 70.8 Å². The summed E-state index contributed by atoms with van der Waals surface area (Å²) in [6.45, 7) is -0.343. The van der Waals surface area contributed by atoms with Crippen LogP contribution in [0.15, 0.2) is 68.8 Å². The lowest BCUT2D eigenvalue weighted by Crippen LogP contribution is -2.41. The zero-order valence-electron chi connectivity index (χ0n) is 15.6. The van der Waals surface area contributed by atoms with Crippen LogP contribution in [0.5, 0.6) is 0 Å². The molecule has 10 heteroatoms. The number of sulfonamides is 1. The Labute approximate surface area is 176 Å². The van der Waals surface area contributed by atoms with Gasteiger partial charge in [0, 0.05) is 18.4 Å². The number of imide groups is 1. The molecule has 0 radical (unpaired) electrons. The summed E-state index contributed by atoms with van der Waals surface area (Å²) in [6.07, 6.45) is 1.70. The molecule has 1 aromatic carbocycles. The number of hydrogen-bond donors (Lipinski definition) is 2. The van der Waals surface area contributed by atoms with E-state index in [1.165, 1.54) is 41.9 Å². The van der Waals surface area contributed by atoms with E-state index in [1.54, 1.807) is 29.0 Å². The van der Waals surface area contributed by atoms with Gasteiger partial charge in [0.25, 0.3) is 0 Å². The maximum Gasteiger partial charge on any atom is 0.240 e. The summed E-state index contributed by atoms with van der Waals surface area (Å²) in [5, 5.41) is 14.7. The second kappa shape index (κ2) is 7.80. The molecule has 3 aromatic rings. The summed E-state index contributed by atoms with van der Waals surface area (Å²) in [6, 6.07) is 10.3. The average molecular weight is 447 g/mol. The Morgan fingerprint density at radius 2 is 1.80 bits per heavy atom. The first-order valence-electron chi connectivity index (χ1n) is 9.06. The van der Waals surface area contributed by atoms with Crippen molar-refractivity contribution in [2.75, 3.05) is 11.4 Å². The highest BCUT2D eigenvalue weighted by Crippen LogP contribution is 2.31. The molecule has 0 spiro atoms. The van der Waals surface area contributed by atoms with Gasteiger partial charge in [-0.1, -0.05) is 0 Å². The van der Waals surface area contributed by atoms with Crippen LogP contribution in [0.1, 0.15) is 24.2 Å². The molecule has 1 aliphatic heterocycles. The van der Waals surface area contributed by atoms with Crippen LogP contribution in [0, 0.1) is 0 Å². The number of furan rings is 1. The molecule has 0 bridgehead atoms. The van der Waals surface area contributed by atoms with Gasteiger partial charge in [0.1, 0.15) is 5.76 Å². The van der Waals surface area contributed by atoms with E-state index in [9.17, 15) is 23.1 Å². The maximum absolute atomic E-state index is 12.8. The van der Waals surface area contributed by atoms with Crippen LogP contribution in [0.3, 0.4) is 0 Å². The van der Waals surface area contributed by atoms with Crippen molar-refractivity contribution >= 4 is 38.9 Å². The molecule has 1 saturated heterocycles. The molecule has 3 heterocycles. The molecule has 2 amide bonds. The zero-order valence-corrected chi connectivity index (χ0v) is 17.3. The van der Waals surface area contributed by atoms with E-state index in [0.717, 1.165) is 4.90 Å². The second-order valence-electron chi connectivity index (χ2n) is 6.79. The molecular weight excluding hydrogens is 428 g/mol. The molecule has 30 heavy (non-hydrogen) atoms. The highest BCUT2D eigenvalue weighted by molar-refractivity contribution is 7.89. The van der Waals surface area contributed by atoms with E-state index >= 15 is 0 Å². The fourth-order valence-corrected chi connectivity index (χ4v) is 5.05. The third-order valence-electron chi connectivity index (χ3n) is 4.90. The van der Waals surface area contributed by atoms with Gasteiger partial charge in [-0.2, -0.15) is 11.3 Å². The Balaban J connectivity index is 1.55. The van der Waals surface area contributed by atoms with E-state index in [-0.39, 0.29) is 41.9 Å². The minimum absolute atomic E-state index is 0.0579. The van der Waals surface area contributed by atoms with Crippen molar-refractivity contribution in [3.8, 4) is 0 Å². The van der Waals surface area contributed by atoms with Gasteiger partial charge in [0.15, 0.2) is 5.60 Å². The van der Waals surface area contributed by atoms with Gasteiger partial charge in [0.05, 0.1) is 23.4 Å². The van der Waals surface area contributed by atoms with Crippen molar-refractivity contribution < 1.29 is 27.5 Å². The number of amides is 2. The van der Waals surface area contributed by atoms with Gasteiger partial charge in [-0.15, -0.1) is 0 Å². The van der Waals surface area contributed by atoms with Crippen molar-refractivity contribution in [1.82, 2.24) is 4.72 Å². The minimum atomic E-state index is -3.98. The van der Waals surface area contributed by atoms with Gasteiger partial charge in [-0.3, -0.25) is 14.5 Å². The fourth-order valence-electron chi connectivity index (χ4n) is 3.27. The van der Waals surface area contributed by atoms with Gasteiger partial charge in [-0.05, 0) is 53.2 Å². The van der Waals surface area contributed by atoms with Crippen LogP contribution < -0.4 is 9.62 Å². The average Bonchev–Trinajstić information content (AvgIpc) is 3.50. The number of anilines is 1. The monoisotopic (exact) mass is 446 g/mol. The highest BCUT2D eigenvalue weighted by atomic mass is 32.2. The molecule has 156 valence electrons. The summed E-state index contributed by atoms with van der Waals surface area (Å²) in [4.78, 5) is 24.7. The van der Waals surface area contributed by atoms with E-state index in [0.29, 0.717) is 11.3 Å². The summed E-state index contributed by atoms with van der Waals surface area (Å²) in [5.74, 6) is -0.411. The molecule has 0 unspecified atom stereocenters. The smallest absolute Gasteiger partial charge is 0.240 e. The summed E-state index contributed by atoms with van der Waals surface area (Å²) >= 11 is 1.37. The van der Waals surface area contributed by atoms with E-state index in [2.05, 4.69) is 4.72 Å². The minimum Gasteiger partial charge on any atom is -0.466 e. The van der Waals surface area contributed by atoms with E-state index in [1.807, 2.05) is 0 Å².